The van der Waals surface area contributed by atoms with Gasteiger partial charge in [-0.25, -0.2) is 4.39 Å². The van der Waals surface area contributed by atoms with Crippen molar-refractivity contribution in [2.75, 3.05) is 20.1 Å². The fourth-order valence-electron chi connectivity index (χ4n) is 1.53. The molecule has 1 saturated heterocycles. The van der Waals surface area contributed by atoms with Crippen LogP contribution in [0.2, 0.25) is 0 Å². The van der Waals surface area contributed by atoms with E-state index in [0.717, 1.165) is 12.8 Å². The number of nitrogens with zero attached hydrogens (tertiary/aromatic N) is 1. The SMILES string of the molecule is CN1CCC(N/C(Cl)=C(/N)C=N)C(F)C1. The van der Waals surface area contributed by atoms with Gasteiger partial charge in [0.2, 0.25) is 0 Å². The van der Waals surface area contributed by atoms with Crippen molar-refractivity contribution in [1.29, 1.82) is 5.41 Å². The van der Waals surface area contributed by atoms with Gasteiger partial charge >= 0.3 is 0 Å². The van der Waals surface area contributed by atoms with Crippen molar-refractivity contribution in [1.82, 2.24) is 10.2 Å². The molecule has 4 N–H and O–H groups in total. The third-order valence-corrected chi connectivity index (χ3v) is 2.79. The Kier molecular flexibility index (Phi) is 4.35. The predicted molar refractivity (Wildman–Crippen MR) is 59.8 cm³/mol. The second-order valence-electron chi connectivity index (χ2n) is 3.73. The van der Waals surface area contributed by atoms with Gasteiger partial charge in [-0.15, -0.1) is 0 Å². The molecule has 0 saturated carbocycles. The lowest BCUT2D eigenvalue weighted by molar-refractivity contribution is 0.129. The first-order valence-corrected chi connectivity index (χ1v) is 5.17. The molecule has 1 aliphatic heterocycles. The summed E-state index contributed by atoms with van der Waals surface area (Å²) < 4.78 is 13.5. The molecule has 2 unspecified atom stereocenters. The number of alkyl halides is 1. The number of hydrogen-bond acceptors (Lipinski definition) is 4. The largest absolute Gasteiger partial charge is 0.395 e. The summed E-state index contributed by atoms with van der Waals surface area (Å²) in [5, 5.41) is 9.87. The first kappa shape index (κ1) is 12.3. The molecule has 6 heteroatoms. The van der Waals surface area contributed by atoms with Crippen LogP contribution in [0.4, 0.5) is 4.39 Å². The maximum atomic E-state index is 13.5. The van der Waals surface area contributed by atoms with E-state index in [2.05, 4.69) is 5.32 Å². The van der Waals surface area contributed by atoms with Gasteiger partial charge in [0.1, 0.15) is 11.3 Å². The number of piperidine rings is 1. The zero-order valence-electron chi connectivity index (χ0n) is 8.63. The molecule has 15 heavy (non-hydrogen) atoms. The number of nitrogens with one attached hydrogen (secondary N) is 2. The first-order chi connectivity index (χ1) is 7.04. The van der Waals surface area contributed by atoms with Gasteiger partial charge in [-0.2, -0.15) is 0 Å². The maximum Gasteiger partial charge on any atom is 0.133 e. The predicted octanol–water partition coefficient (Wildman–Crippen LogP) is 0.634. The van der Waals surface area contributed by atoms with Crippen molar-refractivity contribution in [3.05, 3.63) is 10.9 Å². The van der Waals surface area contributed by atoms with Gasteiger partial charge in [0.05, 0.1) is 11.7 Å². The van der Waals surface area contributed by atoms with E-state index in [-0.39, 0.29) is 16.9 Å². The van der Waals surface area contributed by atoms with E-state index < -0.39 is 6.17 Å². The van der Waals surface area contributed by atoms with E-state index >= 15 is 0 Å². The molecule has 86 valence electrons. The van der Waals surface area contributed by atoms with Crippen molar-refractivity contribution in [3.8, 4) is 0 Å². The first-order valence-electron chi connectivity index (χ1n) is 4.79. The molecule has 0 aromatic rings. The van der Waals surface area contributed by atoms with E-state index in [1.807, 2.05) is 11.9 Å². The zero-order chi connectivity index (χ0) is 11.4. The summed E-state index contributed by atoms with van der Waals surface area (Å²) in [5.41, 5.74) is 5.54. The molecule has 1 fully saturated rings. The van der Waals surface area contributed by atoms with Gasteiger partial charge in [0.15, 0.2) is 0 Å². The topological polar surface area (TPSA) is 65.1 Å². The van der Waals surface area contributed by atoms with Crippen LogP contribution in [0.5, 0.6) is 0 Å². The molecule has 4 nitrogen and oxygen atoms in total. The van der Waals surface area contributed by atoms with Crippen LogP contribution in [-0.2, 0) is 0 Å². The molecular formula is C9H16ClFN4. The summed E-state index contributed by atoms with van der Waals surface area (Å²) in [6.07, 6.45) is 0.660. The second-order valence-corrected chi connectivity index (χ2v) is 4.11. The van der Waals surface area contributed by atoms with E-state index in [9.17, 15) is 4.39 Å². The van der Waals surface area contributed by atoms with E-state index in [4.69, 9.17) is 22.7 Å². The molecule has 0 radical (unpaired) electrons. The van der Waals surface area contributed by atoms with Crippen LogP contribution >= 0.6 is 11.6 Å². The van der Waals surface area contributed by atoms with Gasteiger partial charge in [-0.05, 0) is 13.5 Å². The Morgan fingerprint density at radius 2 is 2.40 bits per heavy atom. The Morgan fingerprint density at radius 1 is 1.73 bits per heavy atom. The standard InChI is InChI=1S/C9H16ClFN4/c1-15-3-2-8(6(11)5-15)14-9(10)7(13)4-12/h4,6,8,12,14H,2-3,5,13H2,1H3/b9-7+,12-4?. The molecule has 1 heterocycles. The highest BCUT2D eigenvalue weighted by atomic mass is 35.5. The smallest absolute Gasteiger partial charge is 0.133 e. The minimum Gasteiger partial charge on any atom is -0.395 e. The third-order valence-electron chi connectivity index (χ3n) is 2.47. The quantitative estimate of drug-likeness (QED) is 0.496. The van der Waals surface area contributed by atoms with Gasteiger partial charge < -0.3 is 21.4 Å². The molecule has 1 aliphatic rings. The monoisotopic (exact) mass is 234 g/mol. The molecule has 1 rings (SSSR count). The van der Waals surface area contributed by atoms with Gasteiger partial charge in [-0.1, -0.05) is 11.6 Å². The van der Waals surface area contributed by atoms with E-state index in [0.29, 0.717) is 13.0 Å². The molecular weight excluding hydrogens is 219 g/mol. The number of hydrogen-bond donors (Lipinski definition) is 3. The van der Waals surface area contributed by atoms with E-state index in [1.54, 1.807) is 0 Å². The van der Waals surface area contributed by atoms with Crippen molar-refractivity contribution in [3.63, 3.8) is 0 Å². The van der Waals surface area contributed by atoms with Crippen molar-refractivity contribution in [2.45, 2.75) is 18.6 Å². The molecule has 0 bridgehead atoms. The lowest BCUT2D eigenvalue weighted by Gasteiger charge is -2.33. The Balaban J connectivity index is 2.55. The summed E-state index contributed by atoms with van der Waals surface area (Å²) in [4.78, 5) is 1.93. The lowest BCUT2D eigenvalue weighted by Crippen LogP contribution is -2.49. The highest BCUT2D eigenvalue weighted by Crippen LogP contribution is 2.15. The van der Waals surface area contributed by atoms with Crippen LogP contribution in [0.15, 0.2) is 10.9 Å². The van der Waals surface area contributed by atoms with Crippen LogP contribution in [0.1, 0.15) is 6.42 Å². The number of likely N-dealkylation sites (tertiary alicyclic amines) is 1. The summed E-state index contributed by atoms with van der Waals surface area (Å²) in [7, 11) is 1.88. The van der Waals surface area contributed by atoms with Gasteiger partial charge in [-0.3, -0.25) is 0 Å². The second kappa shape index (κ2) is 5.32. The highest BCUT2D eigenvalue weighted by molar-refractivity contribution is 6.30. The summed E-state index contributed by atoms with van der Waals surface area (Å²) >= 11 is 5.78. The van der Waals surface area contributed by atoms with Gasteiger partial charge in [0, 0.05) is 19.3 Å². The Labute approximate surface area is 93.8 Å². The number of rotatable bonds is 3. The molecule has 2 atom stereocenters. The Hall–Kier alpha value is -0.810. The minimum atomic E-state index is -0.962. The molecule has 0 aromatic carbocycles. The summed E-state index contributed by atoms with van der Waals surface area (Å²) in [6.45, 7) is 1.22. The zero-order valence-corrected chi connectivity index (χ0v) is 9.39. The Morgan fingerprint density at radius 3 is 2.93 bits per heavy atom. The number of allylic oxidation sites excluding steroid dienone is 1. The molecule has 0 spiro atoms. The maximum absolute atomic E-state index is 13.5. The molecule has 0 aromatic heterocycles. The van der Waals surface area contributed by atoms with Crippen LogP contribution in [0, 0.1) is 5.41 Å². The van der Waals surface area contributed by atoms with Crippen LogP contribution in [0.3, 0.4) is 0 Å². The van der Waals surface area contributed by atoms with Gasteiger partial charge in [0.25, 0.3) is 0 Å². The number of nitrogens with two attached hydrogens (primary N) is 1. The highest BCUT2D eigenvalue weighted by Gasteiger charge is 2.27. The normalized spacial score (nSPS) is 29.5. The van der Waals surface area contributed by atoms with Crippen molar-refractivity contribution >= 4 is 17.8 Å². The fourth-order valence-corrected chi connectivity index (χ4v) is 1.72. The lowest BCUT2D eigenvalue weighted by atomic mass is 10.0. The van der Waals surface area contributed by atoms with Crippen molar-refractivity contribution in [2.24, 2.45) is 5.73 Å². The van der Waals surface area contributed by atoms with Crippen LogP contribution < -0.4 is 11.1 Å². The summed E-state index contributed by atoms with van der Waals surface area (Å²) in [6, 6.07) is -0.313. The van der Waals surface area contributed by atoms with Crippen molar-refractivity contribution < 1.29 is 4.39 Å². The third kappa shape index (κ3) is 3.35. The minimum absolute atomic E-state index is 0.128. The average molecular weight is 235 g/mol. The van der Waals surface area contributed by atoms with E-state index in [1.165, 1.54) is 0 Å². The van der Waals surface area contributed by atoms with Crippen LogP contribution in [0.25, 0.3) is 0 Å². The summed E-state index contributed by atoms with van der Waals surface area (Å²) in [5.74, 6) is 0. The average Bonchev–Trinajstić information content (AvgIpc) is 2.20. The molecule has 0 aliphatic carbocycles. The van der Waals surface area contributed by atoms with Crippen LogP contribution in [-0.4, -0.2) is 43.5 Å². The molecule has 0 amide bonds. The Bertz CT molecular complexity index is 269. The fraction of sp³-hybridized carbons (Fsp3) is 0.667. The number of halogens is 2.